The summed E-state index contributed by atoms with van der Waals surface area (Å²) < 4.78 is 0. The van der Waals surface area contributed by atoms with Crippen LogP contribution in [0.4, 0.5) is 0 Å². The van der Waals surface area contributed by atoms with Gasteiger partial charge in [0.2, 0.25) is 0 Å². The van der Waals surface area contributed by atoms with Gasteiger partial charge < -0.3 is 0 Å². The highest BCUT2D eigenvalue weighted by Gasteiger charge is 2.17. The lowest BCUT2D eigenvalue weighted by Gasteiger charge is -2.11. The van der Waals surface area contributed by atoms with E-state index in [1.54, 1.807) is 6.08 Å². The predicted octanol–water partition coefficient (Wildman–Crippen LogP) is 5.86. The van der Waals surface area contributed by atoms with E-state index in [1.165, 1.54) is 33.4 Å². The molecule has 1 heteroatoms. The van der Waals surface area contributed by atoms with E-state index in [4.69, 9.17) is 0 Å². The van der Waals surface area contributed by atoms with E-state index in [-0.39, 0.29) is 0 Å². The van der Waals surface area contributed by atoms with Crippen molar-refractivity contribution in [3.8, 4) is 11.1 Å². The molecule has 23 heavy (non-hydrogen) atoms. The first-order valence-electron chi connectivity index (χ1n) is 8.49. The molecule has 122 valence electrons. The van der Waals surface area contributed by atoms with E-state index in [2.05, 4.69) is 58.9 Å². The molecule has 0 aliphatic heterocycles. The monoisotopic (exact) mass is 308 g/mol. The minimum atomic E-state index is 0.384. The zero-order valence-corrected chi connectivity index (χ0v) is 15.2. The maximum atomic E-state index is 10.7. The Morgan fingerprint density at radius 1 is 1.09 bits per heavy atom. The summed E-state index contributed by atoms with van der Waals surface area (Å²) in [5.41, 5.74) is 9.36. The lowest BCUT2D eigenvalue weighted by molar-refractivity contribution is -0.104. The lowest BCUT2D eigenvalue weighted by Crippen LogP contribution is -2.01. The zero-order valence-electron chi connectivity index (χ0n) is 15.2. The summed E-state index contributed by atoms with van der Waals surface area (Å²) >= 11 is 0. The van der Waals surface area contributed by atoms with Crippen LogP contribution in [0.1, 0.15) is 55.9 Å². The van der Waals surface area contributed by atoms with Crippen LogP contribution in [0.5, 0.6) is 0 Å². The molecule has 1 unspecified atom stereocenters. The van der Waals surface area contributed by atoms with Crippen LogP contribution in [0.3, 0.4) is 0 Å². The molecule has 0 N–H and O–H groups in total. The number of carbonyl (C=O) groups excluding carboxylic acids is 1. The molecule has 0 aromatic heterocycles. The van der Waals surface area contributed by atoms with Crippen molar-refractivity contribution in [3.63, 3.8) is 0 Å². The standard InChI is InChI=1S/C22H28O/c1-14(2)19-8-7-16(4)21-13-20(18(6)22(21)12-19)11-17(5)15(3)9-10-23/h7-10,12-14,17H,11H2,1-6H3/b15-9+. The maximum Gasteiger partial charge on any atom is 0.142 e. The molecule has 0 aromatic rings. The van der Waals surface area contributed by atoms with Gasteiger partial charge in [-0.15, -0.1) is 0 Å². The molecular weight excluding hydrogens is 280 g/mol. The number of aldehydes is 1. The first-order valence-corrected chi connectivity index (χ1v) is 8.49. The normalized spacial score (nSPS) is 13.6. The van der Waals surface area contributed by atoms with Gasteiger partial charge in [0.05, 0.1) is 0 Å². The second-order valence-electron chi connectivity index (χ2n) is 7.09. The fraction of sp³-hybridized carbons (Fsp3) is 0.409. The van der Waals surface area contributed by atoms with Crippen molar-refractivity contribution in [1.29, 1.82) is 0 Å². The van der Waals surface area contributed by atoms with Crippen LogP contribution in [0.15, 0.2) is 35.9 Å². The average molecular weight is 308 g/mol. The van der Waals surface area contributed by atoms with Crippen molar-refractivity contribution in [1.82, 2.24) is 0 Å². The summed E-state index contributed by atoms with van der Waals surface area (Å²) in [6.45, 7) is 13.1. The number of allylic oxidation sites excluding steroid dienone is 2. The Balaban J connectivity index is 2.49. The summed E-state index contributed by atoms with van der Waals surface area (Å²) in [5.74, 6) is 0.911. The largest absolute Gasteiger partial charge is 0.299 e. The molecule has 0 bridgehead atoms. The zero-order chi connectivity index (χ0) is 17.1. The molecule has 0 amide bonds. The molecule has 0 radical (unpaired) electrons. The minimum absolute atomic E-state index is 0.384. The molecule has 0 saturated carbocycles. The van der Waals surface area contributed by atoms with Gasteiger partial charge in [-0.3, -0.25) is 4.79 Å². The van der Waals surface area contributed by atoms with Gasteiger partial charge in [-0.05, 0) is 78.5 Å². The highest BCUT2D eigenvalue weighted by molar-refractivity contribution is 5.76. The van der Waals surface area contributed by atoms with E-state index >= 15 is 0 Å². The highest BCUT2D eigenvalue weighted by atomic mass is 16.1. The average Bonchev–Trinajstić information content (AvgIpc) is 2.69. The van der Waals surface area contributed by atoms with Crippen LogP contribution in [0.25, 0.3) is 11.1 Å². The Kier molecular flexibility index (Phi) is 5.41. The number of rotatable bonds is 5. The van der Waals surface area contributed by atoms with Crippen LogP contribution in [0, 0.1) is 19.8 Å². The molecule has 2 rings (SSSR count). The quantitative estimate of drug-likeness (QED) is 0.500. The SMILES string of the molecule is C/C(=C\C=O)C(C)Cc1cc2c(C)ccc(C(C)C)cc-2c1C. The third-order valence-corrected chi connectivity index (χ3v) is 5.06. The van der Waals surface area contributed by atoms with Gasteiger partial charge in [0, 0.05) is 0 Å². The Hall–Kier alpha value is -1.89. The molecule has 2 aliphatic rings. The molecule has 0 fully saturated rings. The lowest BCUT2D eigenvalue weighted by atomic mass is 9.94. The number of hydrogen-bond donors (Lipinski definition) is 0. The number of aryl methyl sites for hydroxylation is 1. The summed E-state index contributed by atoms with van der Waals surface area (Å²) in [5, 5.41) is 0. The Morgan fingerprint density at radius 3 is 2.39 bits per heavy atom. The first-order chi connectivity index (χ1) is 10.8. The molecule has 0 spiro atoms. The van der Waals surface area contributed by atoms with Crippen molar-refractivity contribution in [2.45, 2.75) is 53.9 Å². The van der Waals surface area contributed by atoms with Crippen molar-refractivity contribution in [3.05, 3.63) is 58.2 Å². The molecule has 0 heterocycles. The van der Waals surface area contributed by atoms with Crippen molar-refractivity contribution >= 4 is 6.29 Å². The third kappa shape index (κ3) is 3.72. The van der Waals surface area contributed by atoms with Crippen LogP contribution in [0.2, 0.25) is 0 Å². The van der Waals surface area contributed by atoms with E-state index < -0.39 is 0 Å². The van der Waals surface area contributed by atoms with Crippen molar-refractivity contribution in [2.75, 3.05) is 0 Å². The molecule has 2 aliphatic carbocycles. The van der Waals surface area contributed by atoms with E-state index in [0.29, 0.717) is 11.8 Å². The first kappa shape index (κ1) is 17.5. The van der Waals surface area contributed by atoms with Crippen molar-refractivity contribution in [2.24, 2.45) is 5.92 Å². The second-order valence-corrected chi connectivity index (χ2v) is 7.09. The van der Waals surface area contributed by atoms with Crippen LogP contribution < -0.4 is 0 Å². The fourth-order valence-corrected chi connectivity index (χ4v) is 3.11. The van der Waals surface area contributed by atoms with Gasteiger partial charge in [0.25, 0.3) is 0 Å². The summed E-state index contributed by atoms with van der Waals surface area (Å²) in [6.07, 6.45) is 3.56. The summed E-state index contributed by atoms with van der Waals surface area (Å²) in [7, 11) is 0. The predicted molar refractivity (Wildman–Crippen MR) is 99.3 cm³/mol. The molecule has 1 nitrogen and oxygen atoms in total. The van der Waals surface area contributed by atoms with Gasteiger partial charge in [0.1, 0.15) is 6.29 Å². The Bertz CT molecular complexity index is 706. The summed E-state index contributed by atoms with van der Waals surface area (Å²) in [4.78, 5) is 10.7. The smallest absolute Gasteiger partial charge is 0.142 e. The molecular formula is C22H28O. The highest BCUT2D eigenvalue weighted by Crippen LogP contribution is 2.36. The van der Waals surface area contributed by atoms with E-state index in [9.17, 15) is 4.79 Å². The number of hydrogen-bond acceptors (Lipinski definition) is 1. The van der Waals surface area contributed by atoms with Gasteiger partial charge in [0.15, 0.2) is 0 Å². The number of carbonyl (C=O) groups is 1. The Labute approximate surface area is 140 Å². The van der Waals surface area contributed by atoms with E-state index in [1.807, 2.05) is 6.92 Å². The molecule has 0 aromatic carbocycles. The van der Waals surface area contributed by atoms with Gasteiger partial charge in [-0.1, -0.05) is 50.6 Å². The second kappa shape index (κ2) is 7.12. The number of fused-ring (bicyclic) bond motifs is 1. The third-order valence-electron chi connectivity index (χ3n) is 5.06. The van der Waals surface area contributed by atoms with Gasteiger partial charge in [-0.2, -0.15) is 0 Å². The minimum Gasteiger partial charge on any atom is -0.299 e. The molecule has 1 atom stereocenters. The Morgan fingerprint density at radius 2 is 1.78 bits per heavy atom. The summed E-state index contributed by atoms with van der Waals surface area (Å²) in [6, 6.07) is 9.18. The van der Waals surface area contributed by atoms with Crippen molar-refractivity contribution < 1.29 is 4.79 Å². The van der Waals surface area contributed by atoms with Gasteiger partial charge >= 0.3 is 0 Å². The topological polar surface area (TPSA) is 17.1 Å². The van der Waals surface area contributed by atoms with Crippen LogP contribution in [-0.2, 0) is 11.2 Å². The molecule has 0 saturated heterocycles. The van der Waals surface area contributed by atoms with E-state index in [0.717, 1.165) is 18.3 Å². The fourth-order valence-electron chi connectivity index (χ4n) is 3.11. The van der Waals surface area contributed by atoms with Crippen LogP contribution in [-0.4, -0.2) is 6.29 Å². The maximum absolute atomic E-state index is 10.7. The van der Waals surface area contributed by atoms with Crippen LogP contribution >= 0.6 is 0 Å². The van der Waals surface area contributed by atoms with Gasteiger partial charge in [-0.25, -0.2) is 0 Å².